The number of carbonyl (C=O) groups excluding carboxylic acids is 2. The zero-order valence-electron chi connectivity index (χ0n) is 23.7. The zero-order valence-corrected chi connectivity index (χ0v) is 23.7. The van der Waals surface area contributed by atoms with Gasteiger partial charge in [0.1, 0.15) is 34.9 Å². The van der Waals surface area contributed by atoms with E-state index in [1.807, 2.05) is 19.1 Å². The molecule has 1 aromatic carbocycles. The van der Waals surface area contributed by atoms with E-state index in [9.17, 15) is 14.9 Å². The average molecular weight is 539 g/mol. The standard InChI is InChI=1S/C27H27N7O.C3H7NO/c1-15(2)17-7-9-18(10-8-17)34-21(35)13-19-22-20(14-28)26(33-11-5-4-6-12-33)31-24-23(22)25(32-27(19)34)30-16(3)29-24;1-4(2)3-5/h7-10,15H,4-6,11-13H2,1-3H3,(H,29,30,31,32);3H,1-2H3. The molecule has 10 nitrogen and oxygen atoms in total. The minimum Gasteiger partial charge on any atom is -0.355 e. The topological polar surface area (TPSA) is 118 Å². The number of hydrogen-bond acceptors (Lipinski definition) is 8. The van der Waals surface area contributed by atoms with Crippen molar-refractivity contribution in [3.8, 4) is 6.07 Å². The molecule has 0 radical (unpaired) electrons. The van der Waals surface area contributed by atoms with Crippen molar-refractivity contribution in [2.75, 3.05) is 42.3 Å². The Morgan fingerprint density at radius 2 is 1.73 bits per heavy atom. The van der Waals surface area contributed by atoms with Gasteiger partial charge in [-0.15, -0.1) is 0 Å². The molecular formula is C30H34N8O2. The smallest absolute Gasteiger partial charge is 0.237 e. The number of piperidine rings is 1. The molecule has 5 heterocycles. The number of amides is 2. The number of fused-ring (bicyclic) bond motifs is 2. The van der Waals surface area contributed by atoms with Crippen LogP contribution >= 0.6 is 0 Å². The number of nitrogens with one attached hydrogen (secondary N) is 1. The van der Waals surface area contributed by atoms with Crippen LogP contribution in [0.15, 0.2) is 29.3 Å². The largest absolute Gasteiger partial charge is 0.355 e. The van der Waals surface area contributed by atoms with Gasteiger partial charge in [0.15, 0.2) is 5.82 Å². The number of aromatic nitrogens is 2. The van der Waals surface area contributed by atoms with Gasteiger partial charge in [0.05, 0.1) is 17.5 Å². The minimum atomic E-state index is -0.0538. The SMILES string of the molecule is CC1=Nc2nc(N3CCCCC3)c(C#N)c3c4c(nc(c23)N1)N(c1ccc(C(C)C)cc1)C(=O)C4.CN(C)C=O. The number of aliphatic imine (C=N–C) groups is 1. The second-order valence-corrected chi connectivity index (χ2v) is 10.8. The fourth-order valence-corrected chi connectivity index (χ4v) is 5.37. The number of benzene rings is 1. The molecule has 1 N–H and O–H groups in total. The normalized spacial score (nSPS) is 15.6. The summed E-state index contributed by atoms with van der Waals surface area (Å²) in [6, 6.07) is 10.5. The second kappa shape index (κ2) is 10.9. The van der Waals surface area contributed by atoms with Gasteiger partial charge >= 0.3 is 0 Å². The number of nitriles is 1. The first-order chi connectivity index (χ1) is 19.2. The summed E-state index contributed by atoms with van der Waals surface area (Å²) in [5, 5.41) is 15.1. The molecule has 2 amide bonds. The van der Waals surface area contributed by atoms with Gasteiger partial charge in [-0.3, -0.25) is 14.5 Å². The van der Waals surface area contributed by atoms with Crippen LogP contribution in [0.1, 0.15) is 62.6 Å². The van der Waals surface area contributed by atoms with E-state index in [0.29, 0.717) is 40.6 Å². The predicted octanol–water partition coefficient (Wildman–Crippen LogP) is 5.02. The van der Waals surface area contributed by atoms with E-state index in [1.54, 1.807) is 19.0 Å². The highest BCUT2D eigenvalue weighted by molar-refractivity contribution is 6.19. The van der Waals surface area contributed by atoms with E-state index in [0.717, 1.165) is 54.4 Å². The highest BCUT2D eigenvalue weighted by Crippen LogP contribution is 2.47. The van der Waals surface area contributed by atoms with E-state index in [1.165, 1.54) is 16.9 Å². The summed E-state index contributed by atoms with van der Waals surface area (Å²) < 4.78 is 0. The van der Waals surface area contributed by atoms with Crippen molar-refractivity contribution in [3.63, 3.8) is 0 Å². The number of anilines is 4. The van der Waals surface area contributed by atoms with Crippen LogP contribution in [0.4, 0.5) is 29.0 Å². The van der Waals surface area contributed by atoms with Gasteiger partial charge in [-0.05, 0) is 49.8 Å². The number of rotatable bonds is 4. The second-order valence-electron chi connectivity index (χ2n) is 10.8. The van der Waals surface area contributed by atoms with Crippen molar-refractivity contribution in [1.29, 1.82) is 5.26 Å². The summed E-state index contributed by atoms with van der Waals surface area (Å²) in [5.74, 6) is 3.44. The van der Waals surface area contributed by atoms with E-state index < -0.39 is 0 Å². The summed E-state index contributed by atoms with van der Waals surface area (Å²) in [6.45, 7) is 7.89. The molecule has 1 fully saturated rings. The fraction of sp³-hybridized carbons (Fsp3) is 0.400. The van der Waals surface area contributed by atoms with Crippen LogP contribution in [0.3, 0.4) is 0 Å². The van der Waals surface area contributed by atoms with E-state index in [-0.39, 0.29) is 12.3 Å². The van der Waals surface area contributed by atoms with Gasteiger partial charge in [-0.1, -0.05) is 26.0 Å². The number of pyridine rings is 2. The average Bonchev–Trinajstić information content (AvgIpc) is 3.28. The molecule has 0 unspecified atom stereocenters. The van der Waals surface area contributed by atoms with Crippen molar-refractivity contribution < 1.29 is 9.59 Å². The Hall–Kier alpha value is -4.52. The first-order valence-electron chi connectivity index (χ1n) is 13.7. The zero-order chi connectivity index (χ0) is 28.6. The van der Waals surface area contributed by atoms with Crippen LogP contribution < -0.4 is 15.1 Å². The van der Waals surface area contributed by atoms with E-state index in [2.05, 4.69) is 47.3 Å². The minimum absolute atomic E-state index is 0.0538. The molecule has 40 heavy (non-hydrogen) atoms. The first-order valence-corrected chi connectivity index (χ1v) is 13.7. The molecule has 10 heteroatoms. The molecule has 3 aliphatic heterocycles. The van der Waals surface area contributed by atoms with Crippen molar-refractivity contribution in [2.45, 2.75) is 52.4 Å². The van der Waals surface area contributed by atoms with Gasteiger partial charge in [-0.25, -0.2) is 15.0 Å². The van der Waals surface area contributed by atoms with Crippen molar-refractivity contribution in [1.82, 2.24) is 14.9 Å². The third-order valence-corrected chi connectivity index (χ3v) is 7.34. The first kappa shape index (κ1) is 27.1. The molecule has 206 valence electrons. The van der Waals surface area contributed by atoms with Crippen molar-refractivity contribution in [2.24, 2.45) is 4.99 Å². The molecule has 3 aliphatic rings. The Kier molecular flexibility index (Phi) is 7.39. The number of carbonyl (C=O) groups is 2. The molecule has 6 rings (SSSR count). The molecular weight excluding hydrogens is 504 g/mol. The highest BCUT2D eigenvalue weighted by atomic mass is 16.2. The van der Waals surface area contributed by atoms with Crippen molar-refractivity contribution >= 4 is 57.9 Å². The third kappa shape index (κ3) is 4.83. The van der Waals surface area contributed by atoms with Crippen LogP contribution in [0.5, 0.6) is 0 Å². The molecule has 2 aromatic heterocycles. The monoisotopic (exact) mass is 538 g/mol. The summed E-state index contributed by atoms with van der Waals surface area (Å²) in [6.07, 6.45) is 4.26. The Labute approximate surface area is 234 Å². The molecule has 0 atom stereocenters. The van der Waals surface area contributed by atoms with E-state index >= 15 is 0 Å². The molecule has 0 aliphatic carbocycles. The fourth-order valence-electron chi connectivity index (χ4n) is 5.37. The van der Waals surface area contributed by atoms with E-state index in [4.69, 9.17) is 9.97 Å². The summed E-state index contributed by atoms with van der Waals surface area (Å²) in [4.78, 5) is 42.5. The van der Waals surface area contributed by atoms with Gasteiger partial charge in [0.2, 0.25) is 12.3 Å². The molecule has 0 bridgehead atoms. The number of amidine groups is 1. The lowest BCUT2D eigenvalue weighted by Gasteiger charge is -2.30. The molecule has 1 saturated heterocycles. The van der Waals surface area contributed by atoms with Crippen LogP contribution in [0.2, 0.25) is 0 Å². The lowest BCUT2D eigenvalue weighted by molar-refractivity contribution is -0.117. The predicted molar refractivity (Wildman–Crippen MR) is 158 cm³/mol. The van der Waals surface area contributed by atoms with Crippen molar-refractivity contribution in [3.05, 3.63) is 41.0 Å². The van der Waals surface area contributed by atoms with Crippen LogP contribution in [0.25, 0.3) is 10.8 Å². The van der Waals surface area contributed by atoms with Gasteiger partial charge < -0.3 is 15.1 Å². The maximum absolute atomic E-state index is 13.4. The molecule has 0 spiro atoms. The Morgan fingerprint density at radius 3 is 2.33 bits per heavy atom. The number of hydrogen-bond donors (Lipinski definition) is 1. The Balaban J connectivity index is 0.000000595. The lowest BCUT2D eigenvalue weighted by Crippen LogP contribution is -2.31. The van der Waals surface area contributed by atoms with Crippen LogP contribution in [-0.2, 0) is 16.0 Å². The maximum atomic E-state index is 13.4. The summed E-state index contributed by atoms with van der Waals surface area (Å²) in [7, 11) is 3.38. The van der Waals surface area contributed by atoms with Gasteiger partial charge in [0.25, 0.3) is 0 Å². The highest BCUT2D eigenvalue weighted by Gasteiger charge is 2.36. The quantitative estimate of drug-likeness (QED) is 0.464. The van der Waals surface area contributed by atoms with Gasteiger partial charge in [0, 0.05) is 38.1 Å². The molecule has 0 saturated carbocycles. The number of nitrogens with zero attached hydrogens (tertiary/aromatic N) is 7. The summed E-state index contributed by atoms with van der Waals surface area (Å²) in [5.41, 5.74) is 3.27. The molecule has 3 aromatic rings. The van der Waals surface area contributed by atoms with Gasteiger partial charge in [-0.2, -0.15) is 5.26 Å². The van der Waals surface area contributed by atoms with Crippen LogP contribution in [-0.4, -0.2) is 60.2 Å². The Bertz CT molecular complexity index is 1550. The summed E-state index contributed by atoms with van der Waals surface area (Å²) >= 11 is 0. The third-order valence-electron chi connectivity index (χ3n) is 7.34. The lowest BCUT2D eigenvalue weighted by atomic mass is 9.99. The maximum Gasteiger partial charge on any atom is 0.237 e. The Morgan fingerprint density at radius 1 is 1.05 bits per heavy atom. The van der Waals surface area contributed by atoms with Crippen LogP contribution in [0, 0.1) is 11.3 Å².